The number of carbonyl (C=O) groups is 2. The molecule has 1 saturated heterocycles. The van der Waals surface area contributed by atoms with E-state index in [0.717, 1.165) is 31.7 Å². The van der Waals surface area contributed by atoms with Crippen LogP contribution in [-0.2, 0) is 6.54 Å². The van der Waals surface area contributed by atoms with Crippen LogP contribution >= 0.6 is 0 Å². The number of hydrogen-bond donors (Lipinski definition) is 3. The van der Waals surface area contributed by atoms with Gasteiger partial charge in [0.15, 0.2) is 0 Å². The van der Waals surface area contributed by atoms with Crippen molar-refractivity contribution in [3.63, 3.8) is 0 Å². The van der Waals surface area contributed by atoms with Crippen LogP contribution in [-0.4, -0.2) is 56.1 Å². The number of benzene rings is 1. The molecule has 1 aliphatic rings. The van der Waals surface area contributed by atoms with Crippen molar-refractivity contribution < 1.29 is 14.5 Å². The minimum atomic E-state index is -0.180. The first kappa shape index (κ1) is 17.3. The first-order chi connectivity index (χ1) is 11.0. The maximum atomic E-state index is 12.4. The molecule has 3 N–H and O–H groups in total. The Bertz CT molecular complexity index is 534. The number of quaternary nitrogens is 1. The van der Waals surface area contributed by atoms with Crippen molar-refractivity contribution in [3.8, 4) is 0 Å². The minimum absolute atomic E-state index is 0.0922. The predicted molar refractivity (Wildman–Crippen MR) is 89.5 cm³/mol. The molecule has 0 unspecified atom stereocenters. The van der Waals surface area contributed by atoms with E-state index in [1.54, 1.807) is 0 Å². The topological polar surface area (TPSA) is 65.9 Å². The van der Waals surface area contributed by atoms with Crippen molar-refractivity contribution in [2.75, 3.05) is 33.2 Å². The number of rotatable bonds is 4. The van der Waals surface area contributed by atoms with Gasteiger partial charge in [0.2, 0.25) is 0 Å². The second kappa shape index (κ2) is 7.97. The number of nitrogens with zero attached hydrogens (tertiary/aromatic N) is 1. The molecule has 0 radical (unpaired) electrons. The lowest BCUT2D eigenvalue weighted by Gasteiger charge is -2.30. The molecule has 23 heavy (non-hydrogen) atoms. The SMILES string of the molecule is CC(C)NC(=O)NCc1ccc(C(=O)N2CC[NH+](C)CC2)cc1. The van der Waals surface area contributed by atoms with Crippen molar-refractivity contribution in [2.45, 2.75) is 26.4 Å². The van der Waals surface area contributed by atoms with Gasteiger partial charge < -0.3 is 20.4 Å². The van der Waals surface area contributed by atoms with Crippen LogP contribution in [0.2, 0.25) is 0 Å². The van der Waals surface area contributed by atoms with Gasteiger partial charge in [-0.1, -0.05) is 12.1 Å². The van der Waals surface area contributed by atoms with Crippen LogP contribution < -0.4 is 15.5 Å². The van der Waals surface area contributed by atoms with Crippen molar-refractivity contribution in [3.05, 3.63) is 35.4 Å². The molecular formula is C17H27N4O2+. The molecular weight excluding hydrogens is 292 g/mol. The Morgan fingerprint density at radius 2 is 1.78 bits per heavy atom. The van der Waals surface area contributed by atoms with Gasteiger partial charge in [0.25, 0.3) is 5.91 Å². The molecule has 3 amide bonds. The van der Waals surface area contributed by atoms with Gasteiger partial charge in [-0.3, -0.25) is 4.79 Å². The second-order valence-corrected chi connectivity index (χ2v) is 6.43. The number of piperazine rings is 1. The van der Waals surface area contributed by atoms with Crippen LogP contribution in [0, 0.1) is 0 Å². The van der Waals surface area contributed by atoms with Crippen molar-refractivity contribution >= 4 is 11.9 Å². The lowest BCUT2D eigenvalue weighted by molar-refractivity contribution is -0.883. The van der Waals surface area contributed by atoms with Crippen LogP contribution in [0.4, 0.5) is 4.79 Å². The fourth-order valence-electron chi connectivity index (χ4n) is 2.53. The fraction of sp³-hybridized carbons (Fsp3) is 0.529. The molecule has 1 aliphatic heterocycles. The quantitative estimate of drug-likeness (QED) is 0.723. The van der Waals surface area contributed by atoms with Crippen molar-refractivity contribution in [2.24, 2.45) is 0 Å². The third-order valence-electron chi connectivity index (χ3n) is 3.98. The molecule has 0 spiro atoms. The molecule has 1 heterocycles. The highest BCUT2D eigenvalue weighted by Crippen LogP contribution is 2.08. The summed E-state index contributed by atoms with van der Waals surface area (Å²) in [6, 6.07) is 7.39. The minimum Gasteiger partial charge on any atom is -0.336 e. The summed E-state index contributed by atoms with van der Waals surface area (Å²) in [4.78, 5) is 27.4. The smallest absolute Gasteiger partial charge is 0.315 e. The van der Waals surface area contributed by atoms with E-state index in [2.05, 4.69) is 17.7 Å². The third kappa shape index (κ3) is 5.25. The standard InChI is InChI=1S/C17H26N4O2/c1-13(2)19-17(23)18-12-14-4-6-15(7-5-14)16(22)21-10-8-20(3)9-11-21/h4-7,13H,8-12H2,1-3H3,(H2,18,19,23)/p+1. The summed E-state index contributed by atoms with van der Waals surface area (Å²) in [6.45, 7) is 7.90. The van der Waals surface area contributed by atoms with Crippen LogP contribution in [0.3, 0.4) is 0 Å². The predicted octanol–water partition coefficient (Wildman–Crippen LogP) is -0.135. The van der Waals surface area contributed by atoms with Crippen LogP contribution in [0.15, 0.2) is 24.3 Å². The number of nitrogens with one attached hydrogen (secondary N) is 3. The number of hydrogen-bond acceptors (Lipinski definition) is 2. The lowest BCUT2D eigenvalue weighted by Crippen LogP contribution is -3.12. The molecule has 126 valence electrons. The van der Waals surface area contributed by atoms with E-state index in [0.29, 0.717) is 12.1 Å². The van der Waals surface area contributed by atoms with Gasteiger partial charge in [-0.05, 0) is 31.5 Å². The summed E-state index contributed by atoms with van der Waals surface area (Å²) in [5, 5.41) is 5.58. The zero-order valence-corrected chi connectivity index (χ0v) is 14.2. The van der Waals surface area contributed by atoms with Crippen molar-refractivity contribution in [1.82, 2.24) is 15.5 Å². The van der Waals surface area contributed by atoms with Crippen LogP contribution in [0.5, 0.6) is 0 Å². The zero-order chi connectivity index (χ0) is 16.8. The number of amides is 3. The molecule has 6 nitrogen and oxygen atoms in total. The Balaban J connectivity index is 1.86. The molecule has 1 fully saturated rings. The summed E-state index contributed by atoms with van der Waals surface area (Å²) < 4.78 is 0. The molecule has 6 heteroatoms. The Labute approximate surface area is 137 Å². The Kier molecular flexibility index (Phi) is 5.98. The molecule has 0 aliphatic carbocycles. The first-order valence-electron chi connectivity index (χ1n) is 8.19. The van der Waals surface area contributed by atoms with Crippen LogP contribution in [0.1, 0.15) is 29.8 Å². The van der Waals surface area contributed by atoms with E-state index >= 15 is 0 Å². The highest BCUT2D eigenvalue weighted by molar-refractivity contribution is 5.94. The Hall–Kier alpha value is -2.08. The summed E-state index contributed by atoms with van der Waals surface area (Å²) in [7, 11) is 2.15. The van der Waals surface area contributed by atoms with Gasteiger partial charge in [-0.15, -0.1) is 0 Å². The highest BCUT2D eigenvalue weighted by atomic mass is 16.2. The summed E-state index contributed by atoms with van der Waals surface area (Å²) in [6.07, 6.45) is 0. The Morgan fingerprint density at radius 1 is 1.17 bits per heavy atom. The van der Waals surface area contributed by atoms with E-state index in [1.807, 2.05) is 43.0 Å². The molecule has 0 saturated carbocycles. The summed E-state index contributed by atoms with van der Waals surface area (Å²) in [5.74, 6) is 0.0922. The number of carbonyl (C=O) groups excluding carboxylic acids is 2. The van der Waals surface area contributed by atoms with Gasteiger partial charge in [-0.2, -0.15) is 0 Å². The monoisotopic (exact) mass is 319 g/mol. The molecule has 0 bridgehead atoms. The molecule has 0 atom stereocenters. The summed E-state index contributed by atoms with van der Waals surface area (Å²) in [5.41, 5.74) is 1.68. The van der Waals surface area contributed by atoms with Crippen LogP contribution in [0.25, 0.3) is 0 Å². The maximum Gasteiger partial charge on any atom is 0.315 e. The van der Waals surface area contributed by atoms with E-state index in [1.165, 1.54) is 4.90 Å². The molecule has 1 aromatic rings. The molecule has 0 aromatic heterocycles. The van der Waals surface area contributed by atoms with Gasteiger partial charge >= 0.3 is 6.03 Å². The summed E-state index contributed by atoms with van der Waals surface area (Å²) >= 11 is 0. The lowest BCUT2D eigenvalue weighted by atomic mass is 10.1. The second-order valence-electron chi connectivity index (χ2n) is 6.43. The first-order valence-corrected chi connectivity index (χ1v) is 8.19. The normalized spacial score (nSPS) is 15.6. The highest BCUT2D eigenvalue weighted by Gasteiger charge is 2.22. The number of likely N-dealkylation sites (N-methyl/N-ethyl adjacent to an activating group) is 1. The average molecular weight is 319 g/mol. The van der Waals surface area contributed by atoms with E-state index in [9.17, 15) is 9.59 Å². The average Bonchev–Trinajstić information content (AvgIpc) is 2.53. The van der Waals surface area contributed by atoms with Gasteiger partial charge in [-0.25, -0.2) is 4.79 Å². The van der Waals surface area contributed by atoms with Gasteiger partial charge in [0.1, 0.15) is 0 Å². The van der Waals surface area contributed by atoms with Gasteiger partial charge in [0.05, 0.1) is 33.2 Å². The third-order valence-corrected chi connectivity index (χ3v) is 3.98. The Morgan fingerprint density at radius 3 is 2.35 bits per heavy atom. The largest absolute Gasteiger partial charge is 0.336 e. The van der Waals surface area contributed by atoms with Gasteiger partial charge in [0, 0.05) is 18.2 Å². The maximum absolute atomic E-state index is 12.4. The van der Waals surface area contributed by atoms with Crippen molar-refractivity contribution in [1.29, 1.82) is 0 Å². The molecule has 1 aromatic carbocycles. The number of urea groups is 1. The van der Waals surface area contributed by atoms with E-state index < -0.39 is 0 Å². The zero-order valence-electron chi connectivity index (χ0n) is 14.2. The van der Waals surface area contributed by atoms with E-state index in [4.69, 9.17) is 0 Å². The van der Waals surface area contributed by atoms with E-state index in [-0.39, 0.29) is 18.0 Å². The molecule has 2 rings (SSSR count). The fourth-order valence-corrected chi connectivity index (χ4v) is 2.53.